The molecule has 1 aromatic rings. The predicted octanol–water partition coefficient (Wildman–Crippen LogP) is 1.64. The molecule has 106 valence electrons. The molecule has 0 radical (unpaired) electrons. The maximum atomic E-state index is 9.42. The molecular formula is C12H20N4OS2. The lowest BCUT2D eigenvalue weighted by molar-refractivity contribution is 0.195. The van der Waals surface area contributed by atoms with E-state index in [1.807, 2.05) is 21.0 Å². The van der Waals surface area contributed by atoms with E-state index in [0.717, 1.165) is 24.3 Å². The summed E-state index contributed by atoms with van der Waals surface area (Å²) in [5.74, 6) is 3.15. The van der Waals surface area contributed by atoms with Gasteiger partial charge in [0.1, 0.15) is 6.61 Å². The van der Waals surface area contributed by atoms with Gasteiger partial charge in [0.05, 0.1) is 6.67 Å². The predicted molar refractivity (Wildman–Crippen MR) is 78.7 cm³/mol. The molecule has 1 aliphatic carbocycles. The fraction of sp³-hybridized carbons (Fsp3) is 0.833. The van der Waals surface area contributed by atoms with Crippen molar-refractivity contribution in [3.05, 3.63) is 10.6 Å². The van der Waals surface area contributed by atoms with Crippen LogP contribution in [0.15, 0.2) is 0 Å². The Hall–Kier alpha value is -0.370. The van der Waals surface area contributed by atoms with Crippen LogP contribution in [0.5, 0.6) is 0 Å². The van der Waals surface area contributed by atoms with E-state index in [9.17, 15) is 5.11 Å². The molecule has 1 aromatic heterocycles. The van der Waals surface area contributed by atoms with Crippen molar-refractivity contribution < 1.29 is 5.11 Å². The quantitative estimate of drug-likeness (QED) is 0.838. The summed E-state index contributed by atoms with van der Waals surface area (Å²) in [6.45, 7) is 0.687. The van der Waals surface area contributed by atoms with Gasteiger partial charge in [-0.2, -0.15) is 16.9 Å². The number of aliphatic hydroxyl groups is 1. The Balaban J connectivity index is 1.78. The molecule has 5 nitrogen and oxygen atoms in total. The van der Waals surface area contributed by atoms with Crippen molar-refractivity contribution in [3.63, 3.8) is 0 Å². The number of thioether (sulfide) groups is 1. The van der Waals surface area contributed by atoms with Crippen LogP contribution in [0.2, 0.25) is 0 Å². The summed E-state index contributed by atoms with van der Waals surface area (Å²) in [6, 6.07) is 1.09. The first-order valence-electron chi connectivity index (χ1n) is 6.77. The van der Waals surface area contributed by atoms with Gasteiger partial charge >= 0.3 is 0 Å². The van der Waals surface area contributed by atoms with Crippen LogP contribution < -0.4 is 0 Å². The number of aliphatic hydroxyl groups excluding tert-OH is 1. The Labute approximate surface area is 122 Å². The fourth-order valence-corrected chi connectivity index (χ4v) is 4.21. The highest BCUT2D eigenvalue weighted by Gasteiger charge is 2.29. The highest BCUT2D eigenvalue weighted by molar-refractivity contribution is 7.99. The minimum atomic E-state index is -0.0316. The van der Waals surface area contributed by atoms with Gasteiger partial charge in [-0.1, -0.05) is 0 Å². The largest absolute Gasteiger partial charge is 0.388 e. The average molecular weight is 300 g/mol. The first-order chi connectivity index (χ1) is 9.20. The molecule has 2 heterocycles. The third kappa shape index (κ3) is 2.74. The van der Waals surface area contributed by atoms with Crippen LogP contribution in [0.1, 0.15) is 31.1 Å². The molecule has 3 rings (SSSR count). The van der Waals surface area contributed by atoms with Gasteiger partial charge in [-0.25, -0.2) is 4.68 Å². The van der Waals surface area contributed by atoms with Gasteiger partial charge in [0.15, 0.2) is 10.6 Å². The average Bonchev–Trinajstić information content (AvgIpc) is 2.98. The Bertz CT molecular complexity index is 502. The van der Waals surface area contributed by atoms with Crippen LogP contribution in [0.3, 0.4) is 0 Å². The minimum Gasteiger partial charge on any atom is -0.388 e. The molecule has 1 atom stereocenters. The summed E-state index contributed by atoms with van der Waals surface area (Å²) in [5, 5.41) is 13.9. The summed E-state index contributed by atoms with van der Waals surface area (Å²) in [6.07, 6.45) is 3.55. The standard InChI is InChI=1S/C12H20N4OS2/c1-14(10-4-5-19-7-10)8-15-12(18)16(9-2-3-9)11(6-17)13-15/h9-10,17H,2-8H2,1H3. The van der Waals surface area contributed by atoms with E-state index in [1.54, 1.807) is 0 Å². The number of hydrogen-bond donors (Lipinski definition) is 1. The number of hydrogen-bond acceptors (Lipinski definition) is 5. The van der Waals surface area contributed by atoms with E-state index in [4.69, 9.17) is 12.2 Å². The minimum absolute atomic E-state index is 0.0316. The summed E-state index contributed by atoms with van der Waals surface area (Å²) in [4.78, 5) is 2.32. The number of aromatic nitrogens is 3. The van der Waals surface area contributed by atoms with Crippen molar-refractivity contribution in [1.29, 1.82) is 0 Å². The molecular weight excluding hydrogens is 280 g/mol. The zero-order valence-corrected chi connectivity index (χ0v) is 12.8. The lowest BCUT2D eigenvalue weighted by Crippen LogP contribution is -2.33. The summed E-state index contributed by atoms with van der Waals surface area (Å²) in [5.41, 5.74) is 0. The zero-order chi connectivity index (χ0) is 13.4. The topological polar surface area (TPSA) is 46.2 Å². The normalized spacial score (nSPS) is 23.4. The van der Waals surface area contributed by atoms with Crippen LogP contribution >= 0.6 is 24.0 Å². The molecule has 7 heteroatoms. The Kier molecular flexibility index (Phi) is 3.98. The second kappa shape index (κ2) is 5.55. The van der Waals surface area contributed by atoms with Crippen molar-refractivity contribution >= 4 is 24.0 Å². The van der Waals surface area contributed by atoms with Crippen molar-refractivity contribution in [2.24, 2.45) is 0 Å². The maximum absolute atomic E-state index is 9.42. The molecule has 1 N–H and O–H groups in total. The van der Waals surface area contributed by atoms with Crippen LogP contribution in [0, 0.1) is 4.77 Å². The van der Waals surface area contributed by atoms with Gasteiger partial charge in [-0.05, 0) is 44.3 Å². The van der Waals surface area contributed by atoms with E-state index >= 15 is 0 Å². The number of rotatable bonds is 5. The summed E-state index contributed by atoms with van der Waals surface area (Å²) in [7, 11) is 2.13. The van der Waals surface area contributed by atoms with Crippen LogP contribution in [-0.4, -0.2) is 48.9 Å². The van der Waals surface area contributed by atoms with Gasteiger partial charge in [-0.3, -0.25) is 9.47 Å². The van der Waals surface area contributed by atoms with E-state index in [0.29, 0.717) is 17.9 Å². The molecule has 1 saturated carbocycles. The lowest BCUT2D eigenvalue weighted by atomic mass is 10.2. The van der Waals surface area contributed by atoms with E-state index in [-0.39, 0.29) is 6.61 Å². The second-order valence-corrected chi connectivity index (χ2v) is 6.89. The first-order valence-corrected chi connectivity index (χ1v) is 8.34. The molecule has 0 bridgehead atoms. The van der Waals surface area contributed by atoms with Gasteiger partial charge < -0.3 is 5.11 Å². The zero-order valence-electron chi connectivity index (χ0n) is 11.2. The number of nitrogens with zero attached hydrogens (tertiary/aromatic N) is 4. The Morgan fingerprint density at radius 2 is 2.26 bits per heavy atom. The highest BCUT2D eigenvalue weighted by atomic mass is 32.2. The second-order valence-electron chi connectivity index (χ2n) is 5.37. The third-order valence-corrected chi connectivity index (χ3v) is 5.43. The Morgan fingerprint density at radius 1 is 1.47 bits per heavy atom. The molecule has 0 aromatic carbocycles. The SMILES string of the molecule is CN(Cn1nc(CO)n(C2CC2)c1=S)C1CCSC1. The monoisotopic (exact) mass is 300 g/mol. The summed E-state index contributed by atoms with van der Waals surface area (Å²) >= 11 is 7.52. The van der Waals surface area contributed by atoms with Crippen LogP contribution in [0.4, 0.5) is 0 Å². The maximum Gasteiger partial charge on any atom is 0.199 e. The molecule has 19 heavy (non-hydrogen) atoms. The molecule has 1 unspecified atom stereocenters. The highest BCUT2D eigenvalue weighted by Crippen LogP contribution is 2.36. The molecule has 2 aliphatic rings. The molecule has 0 amide bonds. The smallest absolute Gasteiger partial charge is 0.199 e. The van der Waals surface area contributed by atoms with Crippen LogP contribution in [0.25, 0.3) is 0 Å². The molecule has 0 spiro atoms. The molecule has 2 fully saturated rings. The lowest BCUT2D eigenvalue weighted by Gasteiger charge is -2.22. The van der Waals surface area contributed by atoms with Crippen molar-refractivity contribution in [3.8, 4) is 0 Å². The van der Waals surface area contributed by atoms with Crippen molar-refractivity contribution in [2.45, 2.75) is 44.6 Å². The van der Waals surface area contributed by atoms with Crippen molar-refractivity contribution in [1.82, 2.24) is 19.2 Å². The molecule has 1 saturated heterocycles. The van der Waals surface area contributed by atoms with Gasteiger partial charge in [0.25, 0.3) is 0 Å². The van der Waals surface area contributed by atoms with E-state index < -0.39 is 0 Å². The Morgan fingerprint density at radius 3 is 2.84 bits per heavy atom. The third-order valence-electron chi connectivity index (χ3n) is 3.88. The van der Waals surface area contributed by atoms with Gasteiger partial charge in [-0.15, -0.1) is 0 Å². The summed E-state index contributed by atoms with van der Waals surface area (Å²) < 4.78 is 4.65. The van der Waals surface area contributed by atoms with Gasteiger partial charge in [0.2, 0.25) is 0 Å². The van der Waals surface area contributed by atoms with Crippen molar-refractivity contribution in [2.75, 3.05) is 18.6 Å². The van der Waals surface area contributed by atoms with E-state index in [2.05, 4.69) is 17.0 Å². The van der Waals surface area contributed by atoms with Crippen LogP contribution in [-0.2, 0) is 13.3 Å². The van der Waals surface area contributed by atoms with E-state index in [1.165, 1.54) is 17.9 Å². The first kappa shape index (κ1) is 13.6. The molecule has 1 aliphatic heterocycles. The fourth-order valence-electron chi connectivity index (χ4n) is 2.56. The van der Waals surface area contributed by atoms with Gasteiger partial charge in [0, 0.05) is 17.8 Å².